The molecule has 2 amide bonds. The van der Waals surface area contributed by atoms with Crippen LogP contribution >= 0.6 is 27.3 Å². The third-order valence-corrected chi connectivity index (χ3v) is 6.18. The Labute approximate surface area is 202 Å². The van der Waals surface area contributed by atoms with Crippen LogP contribution in [-0.4, -0.2) is 58.6 Å². The van der Waals surface area contributed by atoms with Crippen LogP contribution in [-0.2, 0) is 17.5 Å². The molecule has 33 heavy (non-hydrogen) atoms. The van der Waals surface area contributed by atoms with Crippen molar-refractivity contribution in [2.75, 3.05) is 31.5 Å². The molecule has 1 aromatic carbocycles. The molecule has 2 aromatic rings. The first kappa shape index (κ1) is 25.4. The summed E-state index contributed by atoms with van der Waals surface area (Å²) in [6, 6.07) is 3.57. The highest BCUT2D eigenvalue weighted by molar-refractivity contribution is 9.11. The number of nitrogens with one attached hydrogen (secondary N) is 1. The normalized spacial score (nSPS) is 15.4. The lowest BCUT2D eigenvalue weighted by Gasteiger charge is -2.35. The zero-order valence-corrected chi connectivity index (χ0v) is 20.7. The summed E-state index contributed by atoms with van der Waals surface area (Å²) < 4.78 is 47.3. The molecule has 12 heteroatoms. The summed E-state index contributed by atoms with van der Waals surface area (Å²) in [5.74, 6) is -0.667. The Morgan fingerprint density at radius 2 is 1.85 bits per heavy atom. The number of carbonyl (C=O) groups excluding carboxylic acids is 2. The van der Waals surface area contributed by atoms with E-state index in [1.165, 1.54) is 18.3 Å². The molecule has 0 unspecified atom stereocenters. The number of hydrogen-bond acceptors (Lipinski definition) is 6. The lowest BCUT2D eigenvalue weighted by atomic mass is 10.0. The first-order chi connectivity index (χ1) is 15.3. The number of amides is 2. The largest absolute Gasteiger partial charge is 0.444 e. The van der Waals surface area contributed by atoms with E-state index in [4.69, 9.17) is 4.74 Å². The summed E-state index contributed by atoms with van der Waals surface area (Å²) in [7, 11) is 0. The number of anilines is 1. The van der Waals surface area contributed by atoms with Gasteiger partial charge in [0.1, 0.15) is 5.60 Å². The standard InChI is InChI=1S/C21H24BrF3N4O3S/c1-20(2,3)32-19(31)29-8-6-28(7-9-29)12-14-5-4-13(10-15(14)21(23,24)25)17(30)27-18-26-11-16(22)33-18/h4-5,10-11H,6-9,12H2,1-3H3,(H,26,27,30). The van der Waals surface area contributed by atoms with Crippen LogP contribution in [0.1, 0.15) is 42.3 Å². The van der Waals surface area contributed by atoms with Gasteiger partial charge in [-0.3, -0.25) is 15.0 Å². The van der Waals surface area contributed by atoms with Crippen molar-refractivity contribution in [3.05, 3.63) is 44.9 Å². The Morgan fingerprint density at radius 3 is 2.39 bits per heavy atom. The number of hydrogen-bond donors (Lipinski definition) is 1. The molecule has 1 saturated heterocycles. The summed E-state index contributed by atoms with van der Waals surface area (Å²) in [5, 5.41) is 2.79. The molecule has 1 aliphatic rings. The van der Waals surface area contributed by atoms with Crippen molar-refractivity contribution in [1.82, 2.24) is 14.8 Å². The maximum absolute atomic E-state index is 13.8. The zero-order chi connectivity index (χ0) is 24.4. The smallest absolute Gasteiger partial charge is 0.416 e. The second-order valence-corrected chi connectivity index (χ2v) is 10.9. The highest BCUT2D eigenvalue weighted by Gasteiger charge is 2.35. The zero-order valence-electron chi connectivity index (χ0n) is 18.3. The van der Waals surface area contributed by atoms with Crippen molar-refractivity contribution in [3.8, 4) is 0 Å². The molecule has 0 aliphatic carbocycles. The topological polar surface area (TPSA) is 74.8 Å². The molecule has 1 fully saturated rings. The number of thiazole rings is 1. The Kier molecular flexibility index (Phi) is 7.69. The maximum atomic E-state index is 13.8. The van der Waals surface area contributed by atoms with Crippen molar-refractivity contribution in [3.63, 3.8) is 0 Å². The van der Waals surface area contributed by atoms with Crippen LogP contribution < -0.4 is 5.32 Å². The van der Waals surface area contributed by atoms with E-state index in [0.717, 1.165) is 17.4 Å². The average molecular weight is 549 g/mol. The number of alkyl halides is 3. The second-order valence-electron chi connectivity index (χ2n) is 8.54. The lowest BCUT2D eigenvalue weighted by molar-refractivity contribution is -0.138. The molecule has 1 aliphatic heterocycles. The third kappa shape index (κ3) is 7.15. The number of ether oxygens (including phenoxy) is 1. The van der Waals surface area contributed by atoms with Crippen LogP contribution in [0.15, 0.2) is 28.2 Å². The molecule has 0 bridgehead atoms. The van der Waals surface area contributed by atoms with E-state index >= 15 is 0 Å². The van der Waals surface area contributed by atoms with Crippen LogP contribution in [0.3, 0.4) is 0 Å². The molecule has 0 saturated carbocycles. The van der Waals surface area contributed by atoms with E-state index in [2.05, 4.69) is 26.2 Å². The molecular formula is C21H24BrF3N4O3S. The molecule has 180 valence electrons. The Hall–Kier alpha value is -2.18. The molecule has 3 rings (SSSR count). The fraction of sp³-hybridized carbons (Fsp3) is 0.476. The predicted molar refractivity (Wildman–Crippen MR) is 122 cm³/mol. The van der Waals surface area contributed by atoms with E-state index in [-0.39, 0.29) is 22.8 Å². The lowest BCUT2D eigenvalue weighted by Crippen LogP contribution is -2.49. The Balaban J connectivity index is 1.68. The minimum absolute atomic E-state index is 0.0539. The van der Waals surface area contributed by atoms with Crippen LogP contribution in [0.2, 0.25) is 0 Å². The Bertz CT molecular complexity index is 1010. The summed E-state index contributed by atoms with van der Waals surface area (Å²) in [5.41, 5.74) is -1.50. The number of aromatic nitrogens is 1. The van der Waals surface area contributed by atoms with Crippen LogP contribution in [0.5, 0.6) is 0 Å². The van der Waals surface area contributed by atoms with Gasteiger partial charge in [-0.2, -0.15) is 13.2 Å². The third-order valence-electron chi connectivity index (χ3n) is 4.79. The second kappa shape index (κ2) is 9.98. The fourth-order valence-electron chi connectivity index (χ4n) is 3.26. The highest BCUT2D eigenvalue weighted by atomic mass is 79.9. The van der Waals surface area contributed by atoms with Gasteiger partial charge < -0.3 is 9.64 Å². The predicted octanol–water partition coefficient (Wildman–Crippen LogP) is 5.23. The van der Waals surface area contributed by atoms with Gasteiger partial charge in [0.2, 0.25) is 0 Å². The molecular weight excluding hydrogens is 525 g/mol. The van der Waals surface area contributed by atoms with Crippen molar-refractivity contribution in [1.29, 1.82) is 0 Å². The first-order valence-electron chi connectivity index (χ1n) is 10.1. The van der Waals surface area contributed by atoms with Crippen molar-refractivity contribution in [2.24, 2.45) is 0 Å². The summed E-state index contributed by atoms with van der Waals surface area (Å²) in [4.78, 5) is 32.0. The van der Waals surface area contributed by atoms with Crippen LogP contribution in [0, 0.1) is 0 Å². The summed E-state index contributed by atoms with van der Waals surface area (Å²) >= 11 is 4.38. The quantitative estimate of drug-likeness (QED) is 0.566. The van der Waals surface area contributed by atoms with E-state index in [1.807, 2.05) is 4.90 Å². The number of benzene rings is 1. The molecule has 2 heterocycles. The van der Waals surface area contributed by atoms with Gasteiger partial charge in [-0.05, 0) is 54.4 Å². The minimum Gasteiger partial charge on any atom is -0.444 e. The van der Waals surface area contributed by atoms with E-state index in [0.29, 0.717) is 30.0 Å². The van der Waals surface area contributed by atoms with Crippen LogP contribution in [0.25, 0.3) is 0 Å². The van der Waals surface area contributed by atoms with Crippen molar-refractivity contribution < 1.29 is 27.5 Å². The van der Waals surface area contributed by atoms with Crippen LogP contribution in [0.4, 0.5) is 23.1 Å². The number of nitrogens with zero attached hydrogens (tertiary/aromatic N) is 3. The number of rotatable bonds is 4. The van der Waals surface area contributed by atoms with Gasteiger partial charge in [0.25, 0.3) is 5.91 Å². The summed E-state index contributed by atoms with van der Waals surface area (Å²) in [6.07, 6.45) is -3.55. The maximum Gasteiger partial charge on any atom is 0.416 e. The summed E-state index contributed by atoms with van der Waals surface area (Å²) in [6.45, 7) is 6.94. The average Bonchev–Trinajstić information content (AvgIpc) is 3.11. The SMILES string of the molecule is CC(C)(C)OC(=O)N1CCN(Cc2ccc(C(=O)Nc3ncc(Br)s3)cc2C(F)(F)F)CC1. The van der Waals surface area contributed by atoms with Gasteiger partial charge in [0.15, 0.2) is 5.13 Å². The van der Waals surface area contributed by atoms with Crippen molar-refractivity contribution in [2.45, 2.75) is 39.1 Å². The van der Waals surface area contributed by atoms with Gasteiger partial charge in [0.05, 0.1) is 15.5 Å². The first-order valence-corrected chi connectivity index (χ1v) is 11.8. The van der Waals surface area contributed by atoms with Gasteiger partial charge in [0, 0.05) is 38.3 Å². The van der Waals surface area contributed by atoms with E-state index in [1.54, 1.807) is 25.7 Å². The molecule has 0 spiro atoms. The van der Waals surface area contributed by atoms with Gasteiger partial charge in [-0.15, -0.1) is 0 Å². The minimum atomic E-state index is -4.62. The molecule has 1 N–H and O–H groups in total. The van der Waals surface area contributed by atoms with Gasteiger partial charge in [-0.1, -0.05) is 17.4 Å². The number of halogens is 4. The molecule has 1 aromatic heterocycles. The number of piperazine rings is 1. The Morgan fingerprint density at radius 1 is 1.18 bits per heavy atom. The van der Waals surface area contributed by atoms with Crippen molar-refractivity contribution >= 4 is 44.4 Å². The number of carbonyl (C=O) groups is 2. The van der Waals surface area contributed by atoms with Gasteiger partial charge >= 0.3 is 12.3 Å². The van der Waals surface area contributed by atoms with E-state index in [9.17, 15) is 22.8 Å². The molecule has 0 radical (unpaired) electrons. The fourth-order valence-corrected chi connectivity index (χ4v) is 4.36. The van der Waals surface area contributed by atoms with E-state index < -0.39 is 29.3 Å². The molecule has 7 nitrogen and oxygen atoms in total. The highest BCUT2D eigenvalue weighted by Crippen LogP contribution is 2.34. The molecule has 0 atom stereocenters. The monoisotopic (exact) mass is 548 g/mol. The van der Waals surface area contributed by atoms with Gasteiger partial charge in [-0.25, -0.2) is 9.78 Å².